The van der Waals surface area contributed by atoms with Gasteiger partial charge in [0.1, 0.15) is 17.7 Å². The van der Waals surface area contributed by atoms with Crippen LogP contribution in [0, 0.1) is 5.82 Å². The molecule has 5 nitrogen and oxygen atoms in total. The number of benzene rings is 2. The van der Waals surface area contributed by atoms with Crippen molar-refractivity contribution in [2.24, 2.45) is 0 Å². The lowest BCUT2D eigenvalue weighted by Gasteiger charge is -2.21. The Labute approximate surface area is 196 Å². The van der Waals surface area contributed by atoms with E-state index in [9.17, 15) is 13.2 Å². The standard InChI is InChI=1S/C26H27F3N2O3/c1-14(16-5-3-7-18(24(16)27)25(28)29)30-26-20-12-23(34-15-9-10-33-13-15)22(32-2)11-19(20)17-6-4-8-21(17)31-26/h3,5,7,11-12,14-15,25H,4,6,8-10,13H2,1-2H3,(H,30,31)/t14-,15?/m1/s1. The number of nitrogens with one attached hydrogen (secondary N) is 1. The Bertz CT molecular complexity index is 1210. The highest BCUT2D eigenvalue weighted by molar-refractivity contribution is 5.97. The Morgan fingerprint density at radius 3 is 2.65 bits per heavy atom. The zero-order valence-corrected chi connectivity index (χ0v) is 19.2. The van der Waals surface area contributed by atoms with Gasteiger partial charge >= 0.3 is 0 Å². The number of anilines is 1. The zero-order chi connectivity index (χ0) is 23.8. The maximum atomic E-state index is 14.8. The third-order valence-electron chi connectivity index (χ3n) is 6.61. The Kier molecular flexibility index (Phi) is 6.25. The molecule has 1 unspecified atom stereocenters. The van der Waals surface area contributed by atoms with Gasteiger partial charge in [0.25, 0.3) is 6.43 Å². The van der Waals surface area contributed by atoms with Crippen LogP contribution in [0.25, 0.3) is 10.8 Å². The number of pyridine rings is 1. The monoisotopic (exact) mass is 472 g/mol. The van der Waals surface area contributed by atoms with Crippen LogP contribution in [0.3, 0.4) is 0 Å². The molecule has 1 saturated heterocycles. The van der Waals surface area contributed by atoms with Crippen LogP contribution in [0.1, 0.15) is 54.6 Å². The fraction of sp³-hybridized carbons (Fsp3) is 0.423. The summed E-state index contributed by atoms with van der Waals surface area (Å²) in [5.41, 5.74) is 1.73. The van der Waals surface area contributed by atoms with Gasteiger partial charge in [0.2, 0.25) is 0 Å². The van der Waals surface area contributed by atoms with Gasteiger partial charge in [-0.2, -0.15) is 0 Å². The molecule has 0 bridgehead atoms. The molecule has 2 atom stereocenters. The van der Waals surface area contributed by atoms with E-state index in [-0.39, 0.29) is 11.7 Å². The lowest BCUT2D eigenvalue weighted by molar-refractivity contribution is 0.139. The second-order valence-corrected chi connectivity index (χ2v) is 8.81. The Balaban J connectivity index is 1.57. The summed E-state index contributed by atoms with van der Waals surface area (Å²) in [6.07, 6.45) is 0.629. The second kappa shape index (κ2) is 9.33. The van der Waals surface area contributed by atoms with Crippen molar-refractivity contribution in [1.82, 2.24) is 4.98 Å². The van der Waals surface area contributed by atoms with E-state index in [0.29, 0.717) is 30.5 Å². The molecule has 1 fully saturated rings. The molecule has 8 heteroatoms. The minimum Gasteiger partial charge on any atom is -0.493 e. The minimum absolute atomic E-state index is 0.0600. The number of hydrogen-bond acceptors (Lipinski definition) is 5. The Morgan fingerprint density at radius 2 is 1.91 bits per heavy atom. The van der Waals surface area contributed by atoms with Crippen molar-refractivity contribution in [3.63, 3.8) is 0 Å². The molecule has 2 aliphatic rings. The van der Waals surface area contributed by atoms with Crippen LogP contribution in [-0.4, -0.2) is 31.4 Å². The zero-order valence-electron chi connectivity index (χ0n) is 19.2. The number of alkyl halides is 2. The van der Waals surface area contributed by atoms with E-state index >= 15 is 0 Å². The lowest BCUT2D eigenvalue weighted by atomic mass is 10.0. The van der Waals surface area contributed by atoms with E-state index in [0.717, 1.165) is 48.2 Å². The molecule has 0 saturated carbocycles. The summed E-state index contributed by atoms with van der Waals surface area (Å²) < 4.78 is 58.5. The number of aromatic nitrogens is 1. The van der Waals surface area contributed by atoms with Crippen LogP contribution in [0.5, 0.6) is 11.5 Å². The predicted molar refractivity (Wildman–Crippen MR) is 124 cm³/mol. The van der Waals surface area contributed by atoms with Crippen molar-refractivity contribution >= 4 is 16.6 Å². The molecule has 1 N–H and O–H groups in total. The number of hydrogen-bond donors (Lipinski definition) is 1. The minimum atomic E-state index is -2.88. The van der Waals surface area contributed by atoms with E-state index in [1.165, 1.54) is 17.7 Å². The van der Waals surface area contributed by atoms with Crippen molar-refractivity contribution in [1.29, 1.82) is 0 Å². The van der Waals surface area contributed by atoms with Crippen molar-refractivity contribution < 1.29 is 27.4 Å². The molecule has 1 aliphatic heterocycles. The Morgan fingerprint density at radius 1 is 1.12 bits per heavy atom. The molecular formula is C26H27F3N2O3. The quantitative estimate of drug-likeness (QED) is 0.447. The highest BCUT2D eigenvalue weighted by atomic mass is 19.3. The highest BCUT2D eigenvalue weighted by Crippen LogP contribution is 2.41. The molecule has 0 spiro atoms. The van der Waals surface area contributed by atoms with Gasteiger partial charge in [-0.15, -0.1) is 0 Å². The summed E-state index contributed by atoms with van der Waals surface area (Å²) >= 11 is 0. The number of ether oxygens (including phenoxy) is 3. The molecule has 0 radical (unpaired) electrons. The molecular weight excluding hydrogens is 445 g/mol. The van der Waals surface area contributed by atoms with Gasteiger partial charge < -0.3 is 19.5 Å². The molecule has 3 aromatic rings. The summed E-state index contributed by atoms with van der Waals surface area (Å²) in [4.78, 5) is 4.86. The first-order chi connectivity index (χ1) is 16.5. The number of aryl methyl sites for hydroxylation is 2. The number of rotatable bonds is 7. The smallest absolute Gasteiger partial charge is 0.266 e. The normalized spacial score (nSPS) is 18.4. The molecule has 2 heterocycles. The van der Waals surface area contributed by atoms with Crippen LogP contribution in [-0.2, 0) is 17.6 Å². The van der Waals surface area contributed by atoms with Crippen LogP contribution in [0.4, 0.5) is 19.0 Å². The van der Waals surface area contributed by atoms with E-state index in [1.807, 2.05) is 12.1 Å². The van der Waals surface area contributed by atoms with Crippen LogP contribution in [0.15, 0.2) is 30.3 Å². The number of fused-ring (bicyclic) bond motifs is 3. The van der Waals surface area contributed by atoms with E-state index in [2.05, 4.69) is 5.32 Å². The topological polar surface area (TPSA) is 52.6 Å². The first-order valence-corrected chi connectivity index (χ1v) is 11.6. The van der Waals surface area contributed by atoms with Gasteiger partial charge in [-0.3, -0.25) is 0 Å². The van der Waals surface area contributed by atoms with Crippen LogP contribution >= 0.6 is 0 Å². The van der Waals surface area contributed by atoms with Gasteiger partial charge in [-0.1, -0.05) is 18.2 Å². The first kappa shape index (κ1) is 22.8. The number of methoxy groups -OCH3 is 1. The second-order valence-electron chi connectivity index (χ2n) is 8.81. The van der Waals surface area contributed by atoms with Crippen LogP contribution in [0.2, 0.25) is 0 Å². The van der Waals surface area contributed by atoms with E-state index in [4.69, 9.17) is 19.2 Å². The van der Waals surface area contributed by atoms with Crippen molar-refractivity contribution in [2.45, 2.75) is 51.2 Å². The third kappa shape index (κ3) is 4.15. The SMILES string of the molecule is COc1cc2c3c(nc(N[C@H](C)c4cccc(C(F)F)c4F)c2cc1OC1CCOC1)CCC3. The number of halogens is 3. The summed E-state index contributed by atoms with van der Waals surface area (Å²) in [7, 11) is 1.61. The van der Waals surface area contributed by atoms with E-state index < -0.39 is 23.8 Å². The summed E-state index contributed by atoms with van der Waals surface area (Å²) in [6, 6.07) is 7.38. The fourth-order valence-electron chi connectivity index (χ4n) is 4.84. The van der Waals surface area contributed by atoms with Crippen molar-refractivity contribution in [3.05, 3.63) is 58.5 Å². The van der Waals surface area contributed by atoms with Gasteiger partial charge in [0, 0.05) is 23.1 Å². The Hall–Kier alpha value is -3.00. The van der Waals surface area contributed by atoms with Crippen molar-refractivity contribution in [3.8, 4) is 11.5 Å². The van der Waals surface area contributed by atoms with E-state index in [1.54, 1.807) is 14.0 Å². The maximum absolute atomic E-state index is 14.8. The van der Waals surface area contributed by atoms with Gasteiger partial charge in [-0.05, 0) is 49.3 Å². The number of nitrogens with zero attached hydrogens (tertiary/aromatic N) is 1. The average molecular weight is 473 g/mol. The molecule has 1 aliphatic carbocycles. The third-order valence-corrected chi connectivity index (χ3v) is 6.61. The van der Waals surface area contributed by atoms with Gasteiger partial charge in [-0.25, -0.2) is 18.2 Å². The molecule has 180 valence electrons. The maximum Gasteiger partial charge on any atom is 0.266 e. The average Bonchev–Trinajstić information content (AvgIpc) is 3.50. The summed E-state index contributed by atoms with van der Waals surface area (Å²) in [6.45, 7) is 2.92. The van der Waals surface area contributed by atoms with Crippen molar-refractivity contribution in [2.75, 3.05) is 25.6 Å². The molecule has 0 amide bonds. The molecule has 1 aromatic heterocycles. The largest absolute Gasteiger partial charge is 0.493 e. The molecule has 34 heavy (non-hydrogen) atoms. The highest BCUT2D eigenvalue weighted by Gasteiger charge is 2.25. The summed E-state index contributed by atoms with van der Waals surface area (Å²) in [5, 5.41) is 5.11. The predicted octanol–water partition coefficient (Wildman–Crippen LogP) is 6.15. The summed E-state index contributed by atoms with van der Waals surface area (Å²) in [5.74, 6) is 0.899. The molecule has 2 aromatic carbocycles. The fourth-order valence-corrected chi connectivity index (χ4v) is 4.84. The van der Waals surface area contributed by atoms with Gasteiger partial charge in [0.05, 0.1) is 31.9 Å². The lowest BCUT2D eigenvalue weighted by Crippen LogP contribution is -2.16. The van der Waals surface area contributed by atoms with Crippen LogP contribution < -0.4 is 14.8 Å². The molecule has 5 rings (SSSR count). The first-order valence-electron chi connectivity index (χ1n) is 11.6. The van der Waals surface area contributed by atoms with Gasteiger partial charge in [0.15, 0.2) is 11.5 Å².